The Labute approximate surface area is 149 Å². The summed E-state index contributed by atoms with van der Waals surface area (Å²) in [6.07, 6.45) is 1.72. The molecule has 0 N–H and O–H groups in total. The zero-order valence-electron chi connectivity index (χ0n) is 12.6. The van der Waals surface area contributed by atoms with Crippen LogP contribution in [0.25, 0.3) is 17.4 Å². The Morgan fingerprint density at radius 2 is 2.00 bits per heavy atom. The highest BCUT2D eigenvalue weighted by Gasteiger charge is 2.33. The average molecular weight is 364 g/mol. The molecule has 2 aromatic rings. The standard InChI is InChI=1S/C17H14ClNO2S2/c1-10(2)19-16(20)15(23-17(19)22)9-11-7-8-14(21-11)12-5-3-4-6-13(12)18/h3-10H,1-2H3/b15-9-. The summed E-state index contributed by atoms with van der Waals surface area (Å²) in [5.41, 5.74) is 0.823. The van der Waals surface area contributed by atoms with Crippen molar-refractivity contribution >= 4 is 51.9 Å². The Bertz CT molecular complexity index is 810. The van der Waals surface area contributed by atoms with Crippen LogP contribution in [-0.2, 0) is 4.79 Å². The van der Waals surface area contributed by atoms with Crippen molar-refractivity contribution in [3.63, 3.8) is 0 Å². The van der Waals surface area contributed by atoms with Crippen molar-refractivity contribution in [3.8, 4) is 11.3 Å². The van der Waals surface area contributed by atoms with E-state index in [4.69, 9.17) is 28.2 Å². The molecule has 3 nitrogen and oxygen atoms in total. The molecule has 6 heteroatoms. The summed E-state index contributed by atoms with van der Waals surface area (Å²) in [4.78, 5) is 14.6. The highest BCUT2D eigenvalue weighted by atomic mass is 35.5. The van der Waals surface area contributed by atoms with Crippen LogP contribution in [0.1, 0.15) is 19.6 Å². The van der Waals surface area contributed by atoms with Gasteiger partial charge in [0.2, 0.25) is 0 Å². The second kappa shape index (κ2) is 6.51. The molecule has 0 atom stereocenters. The number of halogens is 1. The monoisotopic (exact) mass is 363 g/mol. The molecular formula is C17H14ClNO2S2. The Balaban J connectivity index is 1.89. The van der Waals surface area contributed by atoms with Gasteiger partial charge in [0.15, 0.2) is 0 Å². The van der Waals surface area contributed by atoms with Crippen LogP contribution in [-0.4, -0.2) is 21.2 Å². The van der Waals surface area contributed by atoms with E-state index in [0.717, 1.165) is 5.56 Å². The average Bonchev–Trinajstić information content (AvgIpc) is 3.05. The van der Waals surface area contributed by atoms with Crippen molar-refractivity contribution in [1.29, 1.82) is 0 Å². The molecule has 0 bridgehead atoms. The Hall–Kier alpha value is -1.56. The normalized spacial score (nSPS) is 16.9. The Morgan fingerprint density at radius 3 is 2.65 bits per heavy atom. The van der Waals surface area contributed by atoms with E-state index in [-0.39, 0.29) is 11.9 Å². The van der Waals surface area contributed by atoms with E-state index in [0.29, 0.717) is 25.8 Å². The van der Waals surface area contributed by atoms with E-state index in [1.54, 1.807) is 11.0 Å². The number of carbonyl (C=O) groups is 1. The van der Waals surface area contributed by atoms with E-state index >= 15 is 0 Å². The van der Waals surface area contributed by atoms with Gasteiger partial charge in [0.1, 0.15) is 15.8 Å². The predicted octanol–water partition coefficient (Wildman–Crippen LogP) is 5.21. The van der Waals surface area contributed by atoms with Crippen LogP contribution in [0, 0.1) is 0 Å². The van der Waals surface area contributed by atoms with Crippen LogP contribution >= 0.6 is 35.6 Å². The summed E-state index contributed by atoms with van der Waals surface area (Å²) in [7, 11) is 0. The van der Waals surface area contributed by atoms with Crippen LogP contribution in [0.5, 0.6) is 0 Å². The maximum atomic E-state index is 12.4. The number of thiocarbonyl (C=S) groups is 1. The second-order valence-corrected chi connectivity index (χ2v) is 7.41. The number of rotatable bonds is 3. The van der Waals surface area contributed by atoms with Gasteiger partial charge in [0.05, 0.1) is 9.93 Å². The molecule has 1 aliphatic rings. The molecule has 0 unspecified atom stereocenters. The number of carbonyl (C=O) groups excluding carboxylic acids is 1. The van der Waals surface area contributed by atoms with E-state index < -0.39 is 0 Å². The molecular weight excluding hydrogens is 350 g/mol. The summed E-state index contributed by atoms with van der Waals surface area (Å²) in [6, 6.07) is 11.2. The Kier molecular flexibility index (Phi) is 4.62. The molecule has 1 aromatic heterocycles. The number of nitrogens with zero attached hydrogens (tertiary/aromatic N) is 1. The van der Waals surface area contributed by atoms with Crippen LogP contribution in [0.4, 0.5) is 0 Å². The molecule has 118 valence electrons. The SMILES string of the molecule is CC(C)N1C(=O)/C(=C/c2ccc(-c3ccccc3Cl)o2)SC1=S. The quantitative estimate of drug-likeness (QED) is 0.553. The lowest BCUT2D eigenvalue weighted by Crippen LogP contribution is -2.34. The summed E-state index contributed by atoms with van der Waals surface area (Å²) in [5.74, 6) is 1.19. The maximum Gasteiger partial charge on any atom is 0.266 e. The van der Waals surface area contributed by atoms with Gasteiger partial charge in [-0.2, -0.15) is 0 Å². The van der Waals surface area contributed by atoms with E-state index in [1.807, 2.05) is 50.2 Å². The van der Waals surface area contributed by atoms with Gasteiger partial charge in [0, 0.05) is 17.7 Å². The predicted molar refractivity (Wildman–Crippen MR) is 99.3 cm³/mol. The molecule has 1 amide bonds. The van der Waals surface area contributed by atoms with Crippen molar-refractivity contribution in [2.75, 3.05) is 0 Å². The van der Waals surface area contributed by atoms with Gasteiger partial charge in [-0.3, -0.25) is 9.69 Å². The van der Waals surface area contributed by atoms with E-state index in [2.05, 4.69) is 0 Å². The van der Waals surface area contributed by atoms with Gasteiger partial charge in [-0.05, 0) is 38.1 Å². The summed E-state index contributed by atoms with van der Waals surface area (Å²) in [6.45, 7) is 3.88. The fourth-order valence-corrected chi connectivity index (χ4v) is 4.02. The van der Waals surface area contributed by atoms with Crippen LogP contribution < -0.4 is 0 Å². The number of thioether (sulfide) groups is 1. The molecule has 1 aromatic carbocycles. The smallest absolute Gasteiger partial charge is 0.266 e. The number of amides is 1. The maximum absolute atomic E-state index is 12.4. The first kappa shape index (κ1) is 16.3. The fraction of sp³-hybridized carbons (Fsp3) is 0.176. The van der Waals surface area contributed by atoms with Gasteiger partial charge in [-0.15, -0.1) is 0 Å². The fourth-order valence-electron chi connectivity index (χ4n) is 2.29. The van der Waals surface area contributed by atoms with Gasteiger partial charge in [-0.1, -0.05) is 47.7 Å². The molecule has 1 fully saturated rings. The summed E-state index contributed by atoms with van der Waals surface area (Å²) < 4.78 is 6.38. The van der Waals surface area contributed by atoms with Gasteiger partial charge >= 0.3 is 0 Å². The topological polar surface area (TPSA) is 33.5 Å². The summed E-state index contributed by atoms with van der Waals surface area (Å²) >= 11 is 12.7. The minimum atomic E-state index is -0.0781. The third-order valence-corrected chi connectivity index (χ3v) is 5.04. The zero-order valence-corrected chi connectivity index (χ0v) is 15.0. The largest absolute Gasteiger partial charge is 0.457 e. The first-order chi connectivity index (χ1) is 11.0. The molecule has 0 spiro atoms. The third kappa shape index (κ3) is 3.22. The first-order valence-electron chi connectivity index (χ1n) is 7.09. The van der Waals surface area contributed by atoms with Crippen molar-refractivity contribution < 1.29 is 9.21 Å². The lowest BCUT2D eigenvalue weighted by molar-refractivity contribution is -0.123. The van der Waals surface area contributed by atoms with E-state index in [1.165, 1.54) is 11.8 Å². The number of benzene rings is 1. The molecule has 0 aliphatic carbocycles. The Morgan fingerprint density at radius 1 is 1.26 bits per heavy atom. The number of hydrogen-bond donors (Lipinski definition) is 0. The number of furan rings is 1. The zero-order chi connectivity index (χ0) is 16.6. The minimum absolute atomic E-state index is 0.0451. The molecule has 0 radical (unpaired) electrons. The summed E-state index contributed by atoms with van der Waals surface area (Å²) in [5, 5.41) is 0.625. The van der Waals surface area contributed by atoms with Crippen molar-refractivity contribution in [2.45, 2.75) is 19.9 Å². The van der Waals surface area contributed by atoms with Crippen LogP contribution in [0.15, 0.2) is 45.7 Å². The molecule has 2 heterocycles. The molecule has 0 saturated carbocycles. The number of hydrogen-bond acceptors (Lipinski definition) is 4. The minimum Gasteiger partial charge on any atom is -0.457 e. The van der Waals surface area contributed by atoms with Crippen LogP contribution in [0.2, 0.25) is 5.02 Å². The lowest BCUT2D eigenvalue weighted by Gasteiger charge is -2.18. The van der Waals surface area contributed by atoms with Crippen molar-refractivity contribution in [3.05, 3.63) is 52.1 Å². The third-order valence-electron chi connectivity index (χ3n) is 3.38. The first-order valence-corrected chi connectivity index (χ1v) is 8.69. The van der Waals surface area contributed by atoms with Crippen molar-refractivity contribution in [1.82, 2.24) is 4.90 Å². The lowest BCUT2D eigenvalue weighted by atomic mass is 10.2. The highest BCUT2D eigenvalue weighted by Crippen LogP contribution is 2.35. The molecule has 1 aliphatic heterocycles. The van der Waals surface area contributed by atoms with Crippen molar-refractivity contribution in [2.24, 2.45) is 0 Å². The van der Waals surface area contributed by atoms with Gasteiger partial charge < -0.3 is 4.42 Å². The molecule has 3 rings (SSSR count). The molecule has 1 saturated heterocycles. The molecule has 23 heavy (non-hydrogen) atoms. The van der Waals surface area contributed by atoms with Gasteiger partial charge in [-0.25, -0.2) is 0 Å². The van der Waals surface area contributed by atoms with Crippen LogP contribution in [0.3, 0.4) is 0 Å². The van der Waals surface area contributed by atoms with E-state index in [9.17, 15) is 4.79 Å². The highest BCUT2D eigenvalue weighted by molar-refractivity contribution is 8.26. The second-order valence-electron chi connectivity index (χ2n) is 5.33. The van der Waals surface area contributed by atoms with Gasteiger partial charge in [0.25, 0.3) is 5.91 Å².